The highest BCUT2D eigenvalue weighted by atomic mass is 16.5. The summed E-state index contributed by atoms with van der Waals surface area (Å²) in [6.45, 7) is 5.04. The summed E-state index contributed by atoms with van der Waals surface area (Å²) >= 11 is 0. The van der Waals surface area contributed by atoms with Crippen molar-refractivity contribution in [2.75, 3.05) is 13.7 Å². The molecule has 0 aliphatic heterocycles. The summed E-state index contributed by atoms with van der Waals surface area (Å²) in [4.78, 5) is 0. The monoisotopic (exact) mass is 183 g/mol. The van der Waals surface area contributed by atoms with Crippen molar-refractivity contribution in [2.24, 2.45) is 0 Å². The van der Waals surface area contributed by atoms with E-state index in [1.165, 1.54) is 0 Å². The van der Waals surface area contributed by atoms with Crippen molar-refractivity contribution < 1.29 is 4.74 Å². The lowest BCUT2D eigenvalue weighted by Crippen LogP contribution is -2.06. The van der Waals surface area contributed by atoms with Crippen molar-refractivity contribution in [1.29, 1.82) is 0 Å². The Bertz CT molecular complexity index is 245. The number of rotatable bonds is 5. The molecular weight excluding hydrogens is 166 g/mol. The molecule has 0 spiro atoms. The van der Waals surface area contributed by atoms with Crippen LogP contribution in [0.5, 0.6) is 0 Å². The summed E-state index contributed by atoms with van der Waals surface area (Å²) in [5.41, 5.74) is 0. The van der Waals surface area contributed by atoms with E-state index in [1.54, 1.807) is 13.4 Å². The van der Waals surface area contributed by atoms with Crippen molar-refractivity contribution in [1.82, 2.24) is 14.8 Å². The van der Waals surface area contributed by atoms with Gasteiger partial charge in [0.15, 0.2) is 0 Å². The zero-order valence-corrected chi connectivity index (χ0v) is 8.53. The fraction of sp³-hybridized carbons (Fsp3) is 0.778. The molecule has 4 heteroatoms. The lowest BCUT2D eigenvalue weighted by Gasteiger charge is -2.09. The zero-order chi connectivity index (χ0) is 9.68. The Kier molecular flexibility index (Phi) is 3.89. The van der Waals surface area contributed by atoms with E-state index >= 15 is 0 Å². The number of nitrogens with zero attached hydrogens (tertiary/aromatic N) is 3. The van der Waals surface area contributed by atoms with Gasteiger partial charge >= 0.3 is 0 Å². The highest BCUT2D eigenvalue weighted by Gasteiger charge is 2.05. The molecular formula is C9H17N3O. The molecule has 1 heterocycles. The van der Waals surface area contributed by atoms with E-state index < -0.39 is 0 Å². The van der Waals surface area contributed by atoms with Crippen LogP contribution in [0.1, 0.15) is 32.1 Å². The van der Waals surface area contributed by atoms with Gasteiger partial charge in [0, 0.05) is 26.2 Å². The van der Waals surface area contributed by atoms with Crippen LogP contribution in [0.25, 0.3) is 0 Å². The van der Waals surface area contributed by atoms with Crippen molar-refractivity contribution >= 4 is 0 Å². The maximum absolute atomic E-state index is 4.98. The molecule has 0 amide bonds. The Morgan fingerprint density at radius 2 is 2.31 bits per heavy atom. The first-order valence-corrected chi connectivity index (χ1v) is 4.63. The van der Waals surface area contributed by atoms with Crippen molar-refractivity contribution in [3.63, 3.8) is 0 Å². The predicted molar refractivity (Wildman–Crippen MR) is 50.6 cm³/mol. The fourth-order valence-corrected chi connectivity index (χ4v) is 1.25. The number of ether oxygens (including phenoxy) is 1. The van der Waals surface area contributed by atoms with E-state index in [0.717, 1.165) is 25.3 Å². The normalized spacial score (nSPS) is 11.1. The van der Waals surface area contributed by atoms with Crippen LogP contribution in [0.4, 0.5) is 0 Å². The minimum absolute atomic E-state index is 0.438. The third-order valence-electron chi connectivity index (χ3n) is 1.95. The summed E-state index contributed by atoms with van der Waals surface area (Å²) in [5, 5.41) is 7.96. The summed E-state index contributed by atoms with van der Waals surface area (Å²) in [6, 6.07) is 0.438. The maximum Gasteiger partial charge on any atom is 0.133 e. The molecule has 74 valence electrons. The van der Waals surface area contributed by atoms with E-state index in [0.29, 0.717) is 6.04 Å². The first-order valence-electron chi connectivity index (χ1n) is 4.63. The van der Waals surface area contributed by atoms with Gasteiger partial charge in [-0.2, -0.15) is 0 Å². The molecule has 0 aromatic carbocycles. The molecule has 0 unspecified atom stereocenters. The Balaban J connectivity index is 2.50. The second-order valence-electron chi connectivity index (χ2n) is 3.34. The van der Waals surface area contributed by atoms with Gasteiger partial charge in [0.1, 0.15) is 12.2 Å². The summed E-state index contributed by atoms with van der Waals surface area (Å²) in [5.74, 6) is 1.05. The van der Waals surface area contributed by atoms with Crippen LogP contribution in [-0.2, 0) is 11.2 Å². The topological polar surface area (TPSA) is 39.9 Å². The molecule has 0 fully saturated rings. The van der Waals surface area contributed by atoms with E-state index in [9.17, 15) is 0 Å². The van der Waals surface area contributed by atoms with Crippen LogP contribution >= 0.6 is 0 Å². The molecule has 4 nitrogen and oxygen atoms in total. The second kappa shape index (κ2) is 4.97. The number of aryl methyl sites for hydroxylation is 1. The zero-order valence-electron chi connectivity index (χ0n) is 8.53. The third kappa shape index (κ3) is 2.81. The molecule has 0 aliphatic rings. The van der Waals surface area contributed by atoms with Gasteiger partial charge in [-0.3, -0.25) is 0 Å². The van der Waals surface area contributed by atoms with Gasteiger partial charge in [-0.15, -0.1) is 10.2 Å². The molecule has 0 atom stereocenters. The second-order valence-corrected chi connectivity index (χ2v) is 3.34. The molecule has 0 saturated carbocycles. The molecule has 0 radical (unpaired) electrons. The third-order valence-corrected chi connectivity index (χ3v) is 1.95. The van der Waals surface area contributed by atoms with E-state index in [4.69, 9.17) is 4.74 Å². The summed E-state index contributed by atoms with van der Waals surface area (Å²) in [6.07, 6.45) is 3.72. The van der Waals surface area contributed by atoms with Crippen LogP contribution in [0, 0.1) is 0 Å². The average molecular weight is 183 g/mol. The lowest BCUT2D eigenvalue weighted by atomic mass is 10.3. The Labute approximate surface area is 78.9 Å². The van der Waals surface area contributed by atoms with Crippen molar-refractivity contribution in [3.05, 3.63) is 12.2 Å². The Hall–Kier alpha value is -0.900. The van der Waals surface area contributed by atoms with Crippen LogP contribution < -0.4 is 0 Å². The molecule has 1 aromatic rings. The van der Waals surface area contributed by atoms with Gasteiger partial charge in [-0.1, -0.05) is 0 Å². The minimum Gasteiger partial charge on any atom is -0.385 e. The highest BCUT2D eigenvalue weighted by molar-refractivity contribution is 4.87. The minimum atomic E-state index is 0.438. The Morgan fingerprint density at radius 3 is 2.92 bits per heavy atom. The van der Waals surface area contributed by atoms with E-state index in [2.05, 4.69) is 28.6 Å². The number of hydrogen-bond acceptors (Lipinski definition) is 3. The Morgan fingerprint density at radius 1 is 1.54 bits per heavy atom. The van der Waals surface area contributed by atoms with Crippen molar-refractivity contribution in [2.45, 2.75) is 32.7 Å². The molecule has 1 rings (SSSR count). The quantitative estimate of drug-likeness (QED) is 0.648. The van der Waals surface area contributed by atoms with Gasteiger partial charge in [0.2, 0.25) is 0 Å². The van der Waals surface area contributed by atoms with Gasteiger partial charge in [-0.05, 0) is 20.3 Å². The first-order chi connectivity index (χ1) is 6.25. The van der Waals surface area contributed by atoms with Gasteiger partial charge in [0.05, 0.1) is 0 Å². The van der Waals surface area contributed by atoms with Crippen molar-refractivity contribution in [3.8, 4) is 0 Å². The first kappa shape index (κ1) is 10.2. The molecule has 1 aromatic heterocycles. The van der Waals surface area contributed by atoms with Crippen LogP contribution in [0.2, 0.25) is 0 Å². The van der Waals surface area contributed by atoms with Gasteiger partial charge < -0.3 is 9.30 Å². The predicted octanol–water partition coefficient (Wildman–Crippen LogP) is 1.44. The smallest absolute Gasteiger partial charge is 0.133 e. The van der Waals surface area contributed by atoms with E-state index in [1.807, 2.05) is 0 Å². The summed E-state index contributed by atoms with van der Waals surface area (Å²) < 4.78 is 7.08. The summed E-state index contributed by atoms with van der Waals surface area (Å²) in [7, 11) is 1.72. The number of hydrogen-bond donors (Lipinski definition) is 0. The molecule has 0 saturated heterocycles. The van der Waals surface area contributed by atoms with E-state index in [-0.39, 0.29) is 0 Å². The standard InChI is InChI=1S/C9H17N3O/c1-8(2)12-7-10-11-9(12)5-4-6-13-3/h7-8H,4-6H2,1-3H3. The average Bonchev–Trinajstić information content (AvgIpc) is 2.53. The molecule has 0 bridgehead atoms. The SMILES string of the molecule is COCCCc1nncn1C(C)C. The largest absolute Gasteiger partial charge is 0.385 e. The van der Waals surface area contributed by atoms with Crippen LogP contribution in [0.3, 0.4) is 0 Å². The van der Waals surface area contributed by atoms with Crippen LogP contribution in [-0.4, -0.2) is 28.5 Å². The van der Waals surface area contributed by atoms with Crippen LogP contribution in [0.15, 0.2) is 6.33 Å². The number of aromatic nitrogens is 3. The number of methoxy groups -OCH3 is 1. The van der Waals surface area contributed by atoms with Gasteiger partial charge in [0.25, 0.3) is 0 Å². The highest BCUT2D eigenvalue weighted by Crippen LogP contribution is 2.07. The molecule has 0 aliphatic carbocycles. The molecule has 0 N–H and O–H groups in total. The lowest BCUT2D eigenvalue weighted by molar-refractivity contribution is 0.194. The maximum atomic E-state index is 4.98. The van der Waals surface area contributed by atoms with Gasteiger partial charge in [-0.25, -0.2) is 0 Å². The fourth-order valence-electron chi connectivity index (χ4n) is 1.25. The molecule has 13 heavy (non-hydrogen) atoms.